The third-order valence-corrected chi connectivity index (χ3v) is 3.10. The van der Waals surface area contributed by atoms with Crippen LogP contribution in [0.2, 0.25) is 0 Å². The van der Waals surface area contributed by atoms with Crippen molar-refractivity contribution in [3.8, 4) is 0 Å². The Morgan fingerprint density at radius 1 is 1.73 bits per heavy atom. The summed E-state index contributed by atoms with van der Waals surface area (Å²) in [5.74, 6) is 0. The molecule has 11 heavy (non-hydrogen) atoms. The van der Waals surface area contributed by atoms with Gasteiger partial charge in [0.25, 0.3) is 0 Å². The van der Waals surface area contributed by atoms with Crippen molar-refractivity contribution >= 4 is 4.15 Å². The Balaban J connectivity index is 2.10. The fraction of sp³-hybridized carbons (Fsp3) is 0.857. The first-order valence-electron chi connectivity index (χ1n) is 3.95. The van der Waals surface area contributed by atoms with Gasteiger partial charge < -0.3 is 0 Å². The van der Waals surface area contributed by atoms with E-state index in [0.29, 0.717) is 0 Å². The number of nitrogens with one attached hydrogen (secondary N) is 1. The molecule has 1 aliphatic heterocycles. The van der Waals surface area contributed by atoms with Crippen LogP contribution in [0.25, 0.3) is 0 Å². The minimum atomic E-state index is 0.827. The van der Waals surface area contributed by atoms with E-state index in [0.717, 1.165) is 32.8 Å². The Morgan fingerprint density at radius 3 is 3.09 bits per heavy atom. The molecule has 1 aliphatic rings. The molecule has 0 aliphatic carbocycles. The van der Waals surface area contributed by atoms with Gasteiger partial charge in [-0.15, -0.1) is 0 Å². The van der Waals surface area contributed by atoms with E-state index >= 15 is 0 Å². The average molecular weight is 326 g/mol. The van der Waals surface area contributed by atoms with Gasteiger partial charge >= 0.3 is 78.2 Å². The summed E-state index contributed by atoms with van der Waals surface area (Å²) < 4.78 is 6.64. The van der Waals surface area contributed by atoms with Crippen LogP contribution in [-0.4, -0.2) is 41.9 Å². The van der Waals surface area contributed by atoms with E-state index in [1.807, 2.05) is 6.92 Å². The Bertz CT molecular complexity index is 140. The van der Waals surface area contributed by atoms with Crippen LogP contribution < -0.4 is 5.32 Å². The van der Waals surface area contributed by atoms with E-state index in [2.05, 4.69) is 10.2 Å². The van der Waals surface area contributed by atoms with Crippen molar-refractivity contribution in [1.29, 1.82) is 0 Å². The van der Waals surface area contributed by atoms with Gasteiger partial charge in [-0.2, -0.15) is 0 Å². The van der Waals surface area contributed by atoms with Crippen molar-refractivity contribution in [3.63, 3.8) is 0 Å². The summed E-state index contributed by atoms with van der Waals surface area (Å²) >= 11 is 1.52. The zero-order valence-corrected chi connectivity index (χ0v) is 9.73. The van der Waals surface area contributed by atoms with E-state index in [1.54, 1.807) is 0 Å². The maximum atomic E-state index is 5.27. The SMILES string of the molecule is CCOCCN1CCN[C]1=[W]. The van der Waals surface area contributed by atoms with Crippen LogP contribution in [0, 0.1) is 0 Å². The summed E-state index contributed by atoms with van der Waals surface area (Å²) in [6.45, 7) is 7.00. The molecule has 0 spiro atoms. The summed E-state index contributed by atoms with van der Waals surface area (Å²) in [5.41, 5.74) is 0. The van der Waals surface area contributed by atoms with Gasteiger partial charge in [0.2, 0.25) is 0 Å². The monoisotopic (exact) mass is 326 g/mol. The predicted octanol–water partition coefficient (Wildman–Crippen LogP) is -0.438. The summed E-state index contributed by atoms with van der Waals surface area (Å²) in [7, 11) is 0. The number of hydrogen-bond donors (Lipinski definition) is 1. The molecule has 0 aromatic carbocycles. The zero-order chi connectivity index (χ0) is 8.10. The molecule has 1 saturated heterocycles. The van der Waals surface area contributed by atoms with Gasteiger partial charge in [-0.1, -0.05) is 0 Å². The molecule has 1 fully saturated rings. The molecule has 4 heteroatoms. The Hall–Kier alpha value is 0.438. The third kappa shape index (κ3) is 3.12. The normalized spacial score (nSPS) is 19.5. The standard InChI is InChI=1S/C7H14N2O.W/c1-2-10-6-5-9-4-3-8-7-9;/h8H,2-6H2,1H3;. The molecule has 0 saturated carbocycles. The topological polar surface area (TPSA) is 24.5 Å². The molecule has 0 unspecified atom stereocenters. The maximum absolute atomic E-state index is 5.27. The van der Waals surface area contributed by atoms with E-state index in [9.17, 15) is 0 Å². The van der Waals surface area contributed by atoms with Crippen molar-refractivity contribution in [2.75, 3.05) is 32.8 Å². The van der Waals surface area contributed by atoms with Gasteiger partial charge in [-0.25, -0.2) is 0 Å². The molecule has 0 aromatic heterocycles. The molecular formula is C7H14N2OW. The molecule has 0 bridgehead atoms. The zero-order valence-electron chi connectivity index (χ0n) is 6.80. The van der Waals surface area contributed by atoms with Crippen LogP contribution in [0.15, 0.2) is 0 Å². The van der Waals surface area contributed by atoms with Crippen LogP contribution in [0.4, 0.5) is 0 Å². The molecule has 3 nitrogen and oxygen atoms in total. The van der Waals surface area contributed by atoms with Crippen molar-refractivity contribution < 1.29 is 24.1 Å². The van der Waals surface area contributed by atoms with Crippen molar-refractivity contribution in [2.24, 2.45) is 0 Å². The molecule has 1 N–H and O–H groups in total. The fourth-order valence-electron chi connectivity index (χ4n) is 1.04. The number of nitrogens with zero attached hydrogens (tertiary/aromatic N) is 1. The Kier molecular flexibility index (Phi) is 4.46. The van der Waals surface area contributed by atoms with Crippen molar-refractivity contribution in [2.45, 2.75) is 6.92 Å². The molecule has 0 atom stereocenters. The van der Waals surface area contributed by atoms with Crippen LogP contribution in [0.3, 0.4) is 0 Å². The predicted molar refractivity (Wildman–Crippen MR) is 41.1 cm³/mol. The molecular weight excluding hydrogens is 312 g/mol. The third-order valence-electron chi connectivity index (χ3n) is 1.65. The second-order valence-corrected chi connectivity index (χ2v) is 3.81. The second-order valence-electron chi connectivity index (χ2n) is 2.42. The average Bonchev–Trinajstić information content (AvgIpc) is 2.37. The van der Waals surface area contributed by atoms with Crippen LogP contribution in [-0.2, 0) is 24.1 Å². The molecule has 64 valence electrons. The van der Waals surface area contributed by atoms with E-state index in [4.69, 9.17) is 4.74 Å². The van der Waals surface area contributed by atoms with Crippen molar-refractivity contribution in [1.82, 2.24) is 10.2 Å². The van der Waals surface area contributed by atoms with Gasteiger partial charge in [-0.05, 0) is 0 Å². The Labute approximate surface area is 78.5 Å². The quantitative estimate of drug-likeness (QED) is 0.709. The molecule has 1 heterocycles. The number of hydrogen-bond acceptors (Lipinski definition) is 3. The van der Waals surface area contributed by atoms with Gasteiger partial charge in [0.05, 0.1) is 0 Å². The van der Waals surface area contributed by atoms with Crippen LogP contribution in [0.5, 0.6) is 0 Å². The molecule has 1 rings (SSSR count). The summed E-state index contributed by atoms with van der Waals surface area (Å²) in [6.07, 6.45) is 0. The Morgan fingerprint density at radius 2 is 2.55 bits per heavy atom. The number of ether oxygens (including phenoxy) is 1. The summed E-state index contributed by atoms with van der Waals surface area (Å²) in [5, 5.41) is 3.32. The summed E-state index contributed by atoms with van der Waals surface area (Å²) in [4.78, 5) is 2.35. The van der Waals surface area contributed by atoms with E-state index in [1.165, 1.54) is 23.5 Å². The molecule has 0 aromatic rings. The van der Waals surface area contributed by atoms with Gasteiger partial charge in [0.15, 0.2) is 0 Å². The summed E-state index contributed by atoms with van der Waals surface area (Å²) in [6, 6.07) is 0. The van der Waals surface area contributed by atoms with Crippen molar-refractivity contribution in [3.05, 3.63) is 0 Å². The van der Waals surface area contributed by atoms with Gasteiger partial charge in [0.1, 0.15) is 0 Å². The fourth-order valence-corrected chi connectivity index (χ4v) is 2.07. The number of rotatable bonds is 4. The van der Waals surface area contributed by atoms with E-state index in [-0.39, 0.29) is 0 Å². The first-order valence-corrected chi connectivity index (χ1v) is 5.41. The molecule has 0 radical (unpaired) electrons. The van der Waals surface area contributed by atoms with Crippen LogP contribution in [0.1, 0.15) is 6.92 Å². The van der Waals surface area contributed by atoms with Crippen LogP contribution >= 0.6 is 0 Å². The second kappa shape index (κ2) is 5.15. The first-order chi connectivity index (χ1) is 5.34. The first kappa shape index (κ1) is 9.53. The van der Waals surface area contributed by atoms with Gasteiger partial charge in [-0.3, -0.25) is 0 Å². The molecule has 0 amide bonds. The minimum absolute atomic E-state index is 0.827. The van der Waals surface area contributed by atoms with E-state index < -0.39 is 0 Å². The van der Waals surface area contributed by atoms with Gasteiger partial charge in [0, 0.05) is 0 Å².